The molecule has 3 atom stereocenters. The second-order valence-corrected chi connectivity index (χ2v) is 10.4. The first-order valence-corrected chi connectivity index (χ1v) is 10.8. The quantitative estimate of drug-likeness (QED) is 0.782. The summed E-state index contributed by atoms with van der Waals surface area (Å²) in [6.07, 6.45) is 0.910. The van der Waals surface area contributed by atoms with E-state index in [1.54, 1.807) is 4.90 Å². The molecule has 8 nitrogen and oxygen atoms in total. The fraction of sp³-hybridized carbons (Fsp3) is 0.882. The highest BCUT2D eigenvalue weighted by Gasteiger charge is 2.39. The lowest BCUT2D eigenvalue weighted by Crippen LogP contribution is -2.60. The summed E-state index contributed by atoms with van der Waals surface area (Å²) < 4.78 is 30.4. The summed E-state index contributed by atoms with van der Waals surface area (Å²) in [5.74, 6) is -0.0452. The Morgan fingerprint density at radius 3 is 2.38 bits per heavy atom. The molecule has 0 radical (unpaired) electrons. The van der Waals surface area contributed by atoms with Crippen LogP contribution in [0.5, 0.6) is 0 Å². The molecule has 0 unspecified atom stereocenters. The van der Waals surface area contributed by atoms with Gasteiger partial charge in [0.15, 0.2) is 0 Å². The Bertz CT molecular complexity index is 643. The van der Waals surface area contributed by atoms with Crippen molar-refractivity contribution in [1.82, 2.24) is 14.5 Å². The minimum absolute atomic E-state index is 0.100. The van der Waals surface area contributed by atoms with E-state index in [4.69, 9.17) is 4.74 Å². The molecule has 26 heavy (non-hydrogen) atoms. The van der Waals surface area contributed by atoms with E-state index >= 15 is 0 Å². The van der Waals surface area contributed by atoms with E-state index in [1.165, 1.54) is 4.31 Å². The molecule has 0 aromatic carbocycles. The van der Waals surface area contributed by atoms with Gasteiger partial charge in [0.25, 0.3) is 0 Å². The molecule has 150 valence electrons. The highest BCUT2D eigenvalue weighted by molar-refractivity contribution is 7.89. The minimum atomic E-state index is -3.31. The maximum atomic E-state index is 12.4. The van der Waals surface area contributed by atoms with Gasteiger partial charge in [0.05, 0.1) is 24.4 Å². The van der Waals surface area contributed by atoms with Gasteiger partial charge in [-0.25, -0.2) is 13.2 Å². The molecule has 2 heterocycles. The van der Waals surface area contributed by atoms with Gasteiger partial charge in [-0.05, 0) is 46.5 Å². The van der Waals surface area contributed by atoms with Gasteiger partial charge in [-0.15, -0.1) is 0 Å². The van der Waals surface area contributed by atoms with Crippen molar-refractivity contribution in [3.63, 3.8) is 0 Å². The van der Waals surface area contributed by atoms with Crippen LogP contribution in [0, 0.1) is 5.92 Å². The number of rotatable bonds is 3. The van der Waals surface area contributed by atoms with Crippen LogP contribution in [0.4, 0.5) is 4.79 Å². The van der Waals surface area contributed by atoms with Crippen LogP contribution in [0.15, 0.2) is 0 Å². The Kier molecular flexibility index (Phi) is 6.22. The van der Waals surface area contributed by atoms with E-state index < -0.39 is 21.7 Å². The predicted octanol–water partition coefficient (Wildman–Crippen LogP) is 1.17. The number of ether oxygens (including phenoxy) is 1. The summed E-state index contributed by atoms with van der Waals surface area (Å²) in [6.45, 7) is 10.2. The molecular formula is C17H31N3O5S. The summed E-state index contributed by atoms with van der Waals surface area (Å²) >= 11 is 0. The molecule has 2 rings (SSSR count). The zero-order chi connectivity index (χ0) is 19.7. The monoisotopic (exact) mass is 389 g/mol. The van der Waals surface area contributed by atoms with Crippen molar-refractivity contribution >= 4 is 22.0 Å². The molecular weight excluding hydrogens is 358 g/mol. The van der Waals surface area contributed by atoms with E-state index in [1.807, 2.05) is 34.6 Å². The van der Waals surface area contributed by atoms with E-state index in [2.05, 4.69) is 5.32 Å². The van der Waals surface area contributed by atoms with Crippen LogP contribution in [-0.2, 0) is 19.6 Å². The third-order valence-electron chi connectivity index (χ3n) is 4.93. The number of carbonyl (C=O) groups is 2. The third-order valence-corrected chi connectivity index (χ3v) is 6.83. The number of nitrogens with one attached hydrogen (secondary N) is 1. The Morgan fingerprint density at radius 2 is 1.85 bits per heavy atom. The van der Waals surface area contributed by atoms with Crippen molar-refractivity contribution < 1.29 is 22.7 Å². The molecule has 0 saturated carbocycles. The van der Waals surface area contributed by atoms with Crippen molar-refractivity contribution in [3.05, 3.63) is 0 Å². The number of piperidine rings is 1. The molecule has 1 N–H and O–H groups in total. The minimum Gasteiger partial charge on any atom is -0.444 e. The number of carbonyl (C=O) groups excluding carboxylic acids is 2. The number of likely N-dealkylation sites (tertiary alicyclic amines) is 1. The van der Waals surface area contributed by atoms with Gasteiger partial charge in [-0.1, -0.05) is 6.92 Å². The second-order valence-electron chi connectivity index (χ2n) is 8.28. The maximum absolute atomic E-state index is 12.4. The molecule has 0 aliphatic carbocycles. The van der Waals surface area contributed by atoms with Crippen molar-refractivity contribution in [1.29, 1.82) is 0 Å². The molecule has 2 aliphatic heterocycles. The standard InChI is InChI=1S/C17H31N3O5S/c1-12-7-9-20(16(22)25-17(3,4)5)13(2)15(12)18-14(21)11-19-8-6-10-26(19,23)24/h12-13,15H,6-11H2,1-5H3,(H,18,21)/t12-,13-,15+/m1/s1. The third kappa shape index (κ3) is 5.09. The topological polar surface area (TPSA) is 96.0 Å². The van der Waals surface area contributed by atoms with Crippen LogP contribution < -0.4 is 5.32 Å². The second kappa shape index (κ2) is 7.72. The van der Waals surface area contributed by atoms with E-state index in [0.717, 1.165) is 6.42 Å². The number of sulfonamides is 1. The van der Waals surface area contributed by atoms with Crippen LogP contribution >= 0.6 is 0 Å². The van der Waals surface area contributed by atoms with E-state index in [0.29, 0.717) is 19.5 Å². The Hall–Kier alpha value is -1.35. The fourth-order valence-electron chi connectivity index (χ4n) is 3.50. The normalized spacial score (nSPS) is 29.4. The van der Waals surface area contributed by atoms with Crippen LogP contribution in [0.1, 0.15) is 47.5 Å². The molecule has 2 aliphatic rings. The van der Waals surface area contributed by atoms with Gasteiger partial charge in [0.1, 0.15) is 5.60 Å². The first-order valence-electron chi connectivity index (χ1n) is 9.17. The van der Waals surface area contributed by atoms with Gasteiger partial charge in [-0.2, -0.15) is 4.31 Å². The van der Waals surface area contributed by atoms with Gasteiger partial charge < -0.3 is 15.0 Å². The predicted molar refractivity (Wildman–Crippen MR) is 98.1 cm³/mol. The van der Waals surface area contributed by atoms with E-state index in [9.17, 15) is 18.0 Å². The van der Waals surface area contributed by atoms with E-state index in [-0.39, 0.29) is 36.2 Å². The zero-order valence-corrected chi connectivity index (χ0v) is 17.1. The van der Waals surface area contributed by atoms with Crippen molar-refractivity contribution in [2.24, 2.45) is 5.92 Å². The summed E-state index contributed by atoms with van der Waals surface area (Å²) in [7, 11) is -3.31. The first kappa shape index (κ1) is 21.0. The lowest BCUT2D eigenvalue weighted by molar-refractivity contribution is -0.123. The molecule has 0 aromatic rings. The maximum Gasteiger partial charge on any atom is 0.410 e. The first-order chi connectivity index (χ1) is 11.9. The average molecular weight is 390 g/mol. The van der Waals surface area contributed by atoms with Gasteiger partial charge in [0, 0.05) is 13.1 Å². The van der Waals surface area contributed by atoms with Crippen molar-refractivity contribution in [2.75, 3.05) is 25.4 Å². The molecule has 9 heteroatoms. The molecule has 0 spiro atoms. The Balaban J connectivity index is 2.00. The number of amides is 2. The Labute approximate surface area is 156 Å². The van der Waals surface area contributed by atoms with Crippen molar-refractivity contribution in [3.8, 4) is 0 Å². The highest BCUT2D eigenvalue weighted by atomic mass is 32.2. The smallest absolute Gasteiger partial charge is 0.410 e. The lowest BCUT2D eigenvalue weighted by atomic mass is 9.87. The summed E-state index contributed by atoms with van der Waals surface area (Å²) in [5, 5.41) is 2.94. The van der Waals surface area contributed by atoms with Crippen LogP contribution in [0.2, 0.25) is 0 Å². The zero-order valence-electron chi connectivity index (χ0n) is 16.3. The molecule has 2 amide bonds. The molecule has 0 bridgehead atoms. The summed E-state index contributed by atoms with van der Waals surface area (Å²) in [4.78, 5) is 26.5. The summed E-state index contributed by atoms with van der Waals surface area (Å²) in [5.41, 5.74) is -0.581. The molecule has 2 saturated heterocycles. The molecule has 0 aromatic heterocycles. The van der Waals surface area contributed by atoms with Gasteiger partial charge >= 0.3 is 6.09 Å². The SMILES string of the molecule is C[C@@H]1CCN(C(=O)OC(C)(C)C)[C@H](C)[C@H]1NC(=O)CN1CCCS1(=O)=O. The number of nitrogens with zero attached hydrogens (tertiary/aromatic N) is 2. The largest absolute Gasteiger partial charge is 0.444 e. The van der Waals surface area contributed by atoms with Crippen molar-refractivity contribution in [2.45, 2.75) is 65.1 Å². The Morgan fingerprint density at radius 1 is 1.19 bits per heavy atom. The van der Waals surface area contributed by atoms with Gasteiger partial charge in [0.2, 0.25) is 15.9 Å². The molecule has 2 fully saturated rings. The number of hydrogen-bond donors (Lipinski definition) is 1. The van der Waals surface area contributed by atoms with Crippen LogP contribution in [0.25, 0.3) is 0 Å². The average Bonchev–Trinajstić information content (AvgIpc) is 2.80. The summed E-state index contributed by atoms with van der Waals surface area (Å²) in [6, 6.07) is -0.471. The van der Waals surface area contributed by atoms with Gasteiger partial charge in [-0.3, -0.25) is 4.79 Å². The highest BCUT2D eigenvalue weighted by Crippen LogP contribution is 2.25. The number of hydrogen-bond acceptors (Lipinski definition) is 5. The lowest BCUT2D eigenvalue weighted by Gasteiger charge is -2.43. The van der Waals surface area contributed by atoms with Crippen LogP contribution in [0.3, 0.4) is 0 Å². The fourth-order valence-corrected chi connectivity index (χ4v) is 4.97. The van der Waals surface area contributed by atoms with Crippen LogP contribution in [-0.4, -0.2) is 72.7 Å².